The summed E-state index contributed by atoms with van der Waals surface area (Å²) < 4.78 is 0. The van der Waals surface area contributed by atoms with Crippen molar-refractivity contribution in [2.45, 2.75) is 25.7 Å². The summed E-state index contributed by atoms with van der Waals surface area (Å²) in [4.78, 5) is 27.0. The maximum absolute atomic E-state index is 12.1. The highest BCUT2D eigenvalue weighted by Crippen LogP contribution is 2.18. The second-order valence-electron chi connectivity index (χ2n) is 6.06. The highest BCUT2D eigenvalue weighted by molar-refractivity contribution is 5.75. The Morgan fingerprint density at radius 1 is 1.20 bits per heavy atom. The molecule has 6 heteroatoms. The number of piperidine rings is 2. The van der Waals surface area contributed by atoms with Crippen molar-refractivity contribution in [2.24, 2.45) is 11.8 Å². The number of nitrogens with zero attached hydrogens (tertiary/aromatic N) is 2. The largest absolute Gasteiger partial charge is 0.481 e. The number of rotatable bonds is 3. The Labute approximate surface area is 120 Å². The fraction of sp³-hybridized carbons (Fsp3) is 0.857. The molecule has 2 aliphatic rings. The van der Waals surface area contributed by atoms with Crippen LogP contribution in [0.1, 0.15) is 25.7 Å². The third-order valence-corrected chi connectivity index (χ3v) is 4.40. The first-order chi connectivity index (χ1) is 9.56. The number of carboxylic acid groups (broad SMARTS) is 1. The molecule has 1 unspecified atom stereocenters. The summed E-state index contributed by atoms with van der Waals surface area (Å²) in [7, 11) is 2.12. The SMILES string of the molecule is CN1CCCC(CNC(=O)N2CCC(C(=O)O)CC2)C1. The van der Waals surface area contributed by atoms with E-state index in [9.17, 15) is 9.59 Å². The van der Waals surface area contributed by atoms with Crippen molar-refractivity contribution in [1.29, 1.82) is 0 Å². The van der Waals surface area contributed by atoms with Crippen LogP contribution in [0, 0.1) is 11.8 Å². The molecule has 6 nitrogen and oxygen atoms in total. The van der Waals surface area contributed by atoms with E-state index in [0.29, 0.717) is 31.8 Å². The first-order valence-electron chi connectivity index (χ1n) is 7.50. The molecule has 0 saturated carbocycles. The monoisotopic (exact) mass is 283 g/mol. The van der Waals surface area contributed by atoms with E-state index in [0.717, 1.165) is 19.6 Å². The number of hydrogen-bond acceptors (Lipinski definition) is 3. The molecule has 0 aromatic heterocycles. The second kappa shape index (κ2) is 6.92. The molecule has 1 atom stereocenters. The number of likely N-dealkylation sites (tertiary alicyclic amines) is 2. The minimum Gasteiger partial charge on any atom is -0.481 e. The fourth-order valence-corrected chi connectivity index (χ4v) is 3.11. The molecule has 0 aliphatic carbocycles. The lowest BCUT2D eigenvalue weighted by Gasteiger charge is -2.32. The van der Waals surface area contributed by atoms with Gasteiger partial charge in [0.25, 0.3) is 0 Å². The molecule has 20 heavy (non-hydrogen) atoms. The van der Waals surface area contributed by atoms with Gasteiger partial charge in [0.2, 0.25) is 0 Å². The van der Waals surface area contributed by atoms with Gasteiger partial charge in [0.15, 0.2) is 0 Å². The van der Waals surface area contributed by atoms with Gasteiger partial charge in [-0.3, -0.25) is 4.79 Å². The first kappa shape index (κ1) is 15.1. The van der Waals surface area contributed by atoms with Crippen LogP contribution in [0.2, 0.25) is 0 Å². The lowest BCUT2D eigenvalue weighted by atomic mass is 9.97. The summed E-state index contributed by atoms with van der Waals surface area (Å²) in [6.45, 7) is 4.01. The summed E-state index contributed by atoms with van der Waals surface area (Å²) in [6.07, 6.45) is 3.50. The van der Waals surface area contributed by atoms with Crippen molar-refractivity contribution in [1.82, 2.24) is 15.1 Å². The first-order valence-corrected chi connectivity index (χ1v) is 7.50. The van der Waals surface area contributed by atoms with E-state index >= 15 is 0 Å². The van der Waals surface area contributed by atoms with E-state index in [4.69, 9.17) is 5.11 Å². The summed E-state index contributed by atoms with van der Waals surface area (Å²) in [5.74, 6) is -0.490. The smallest absolute Gasteiger partial charge is 0.317 e. The molecule has 0 bridgehead atoms. The maximum Gasteiger partial charge on any atom is 0.317 e. The van der Waals surface area contributed by atoms with Crippen LogP contribution in [0.5, 0.6) is 0 Å². The lowest BCUT2D eigenvalue weighted by molar-refractivity contribution is -0.143. The standard InChI is InChI=1S/C14H25N3O3/c1-16-6-2-3-11(10-16)9-15-14(20)17-7-4-12(5-8-17)13(18)19/h11-12H,2-10H2,1H3,(H,15,20)(H,18,19). The van der Waals surface area contributed by atoms with Gasteiger partial charge < -0.3 is 20.2 Å². The Balaban J connectivity index is 1.69. The van der Waals surface area contributed by atoms with Gasteiger partial charge in [0, 0.05) is 26.2 Å². The Morgan fingerprint density at radius 2 is 1.90 bits per heavy atom. The molecule has 2 fully saturated rings. The van der Waals surface area contributed by atoms with Gasteiger partial charge in [-0.1, -0.05) is 0 Å². The van der Waals surface area contributed by atoms with Crippen LogP contribution in [-0.4, -0.2) is 66.7 Å². The van der Waals surface area contributed by atoms with E-state index in [1.165, 1.54) is 12.8 Å². The van der Waals surface area contributed by atoms with E-state index < -0.39 is 5.97 Å². The number of aliphatic carboxylic acids is 1. The number of amides is 2. The van der Waals surface area contributed by atoms with Crippen molar-refractivity contribution < 1.29 is 14.7 Å². The van der Waals surface area contributed by atoms with Crippen molar-refractivity contribution in [3.05, 3.63) is 0 Å². The number of carbonyl (C=O) groups is 2. The topological polar surface area (TPSA) is 72.9 Å². The third-order valence-electron chi connectivity index (χ3n) is 4.40. The predicted molar refractivity (Wildman–Crippen MR) is 75.6 cm³/mol. The van der Waals surface area contributed by atoms with Crippen molar-refractivity contribution in [3.8, 4) is 0 Å². The van der Waals surface area contributed by atoms with Gasteiger partial charge in [-0.15, -0.1) is 0 Å². The second-order valence-corrected chi connectivity index (χ2v) is 6.06. The Bertz CT molecular complexity index is 354. The maximum atomic E-state index is 12.1. The zero-order chi connectivity index (χ0) is 14.5. The number of urea groups is 1. The molecule has 114 valence electrons. The van der Waals surface area contributed by atoms with Gasteiger partial charge in [-0.05, 0) is 45.2 Å². The van der Waals surface area contributed by atoms with Crippen LogP contribution in [0.4, 0.5) is 4.79 Å². The van der Waals surface area contributed by atoms with Gasteiger partial charge >= 0.3 is 12.0 Å². The Morgan fingerprint density at radius 3 is 2.50 bits per heavy atom. The minimum atomic E-state index is -0.740. The highest BCUT2D eigenvalue weighted by atomic mass is 16.4. The normalized spacial score (nSPS) is 25.4. The van der Waals surface area contributed by atoms with E-state index in [2.05, 4.69) is 17.3 Å². The fourth-order valence-electron chi connectivity index (χ4n) is 3.11. The predicted octanol–water partition coefficient (Wildman–Crippen LogP) is 0.834. The minimum absolute atomic E-state index is 0.0398. The van der Waals surface area contributed by atoms with Crippen LogP contribution in [0.25, 0.3) is 0 Å². The number of nitrogens with one attached hydrogen (secondary N) is 1. The number of hydrogen-bond donors (Lipinski definition) is 2. The van der Waals surface area contributed by atoms with E-state index in [1.807, 2.05) is 0 Å². The average molecular weight is 283 g/mol. The molecular weight excluding hydrogens is 258 g/mol. The average Bonchev–Trinajstić information content (AvgIpc) is 2.45. The number of carbonyl (C=O) groups excluding carboxylic acids is 1. The van der Waals surface area contributed by atoms with Crippen molar-refractivity contribution in [2.75, 3.05) is 39.8 Å². The lowest BCUT2D eigenvalue weighted by Crippen LogP contribution is -2.47. The molecule has 2 saturated heterocycles. The molecule has 0 aromatic carbocycles. The van der Waals surface area contributed by atoms with E-state index in [1.54, 1.807) is 4.90 Å². The van der Waals surface area contributed by atoms with E-state index in [-0.39, 0.29) is 11.9 Å². The van der Waals surface area contributed by atoms with Crippen LogP contribution < -0.4 is 5.32 Å². The zero-order valence-electron chi connectivity index (χ0n) is 12.2. The molecule has 0 radical (unpaired) electrons. The number of carboxylic acids is 1. The molecule has 2 aliphatic heterocycles. The molecule has 2 rings (SSSR count). The van der Waals surface area contributed by atoms with Crippen LogP contribution in [0.3, 0.4) is 0 Å². The summed E-state index contributed by atoms with van der Waals surface area (Å²) >= 11 is 0. The summed E-state index contributed by atoms with van der Waals surface area (Å²) in [6, 6.07) is -0.0398. The zero-order valence-corrected chi connectivity index (χ0v) is 12.2. The Hall–Kier alpha value is -1.30. The summed E-state index contributed by atoms with van der Waals surface area (Å²) in [5.41, 5.74) is 0. The van der Waals surface area contributed by atoms with Crippen LogP contribution in [-0.2, 0) is 4.79 Å². The van der Waals surface area contributed by atoms with Gasteiger partial charge in [-0.25, -0.2) is 4.79 Å². The molecular formula is C14H25N3O3. The molecule has 2 amide bonds. The quantitative estimate of drug-likeness (QED) is 0.805. The Kier molecular flexibility index (Phi) is 5.23. The van der Waals surface area contributed by atoms with Crippen molar-refractivity contribution >= 4 is 12.0 Å². The van der Waals surface area contributed by atoms with Gasteiger partial charge in [-0.2, -0.15) is 0 Å². The van der Waals surface area contributed by atoms with Gasteiger partial charge in [0.1, 0.15) is 0 Å². The summed E-state index contributed by atoms with van der Waals surface area (Å²) in [5, 5.41) is 11.9. The van der Waals surface area contributed by atoms with Crippen LogP contribution >= 0.6 is 0 Å². The van der Waals surface area contributed by atoms with Gasteiger partial charge in [0.05, 0.1) is 5.92 Å². The van der Waals surface area contributed by atoms with Crippen LogP contribution in [0.15, 0.2) is 0 Å². The molecule has 0 aromatic rings. The highest BCUT2D eigenvalue weighted by Gasteiger charge is 2.27. The molecule has 2 heterocycles. The van der Waals surface area contributed by atoms with Crippen molar-refractivity contribution in [3.63, 3.8) is 0 Å². The molecule has 2 N–H and O–H groups in total. The third kappa shape index (κ3) is 4.10. The molecule has 0 spiro atoms.